The number of aliphatic hydroxyl groups is 1. The Labute approximate surface area is 216 Å². The van der Waals surface area contributed by atoms with E-state index in [1.807, 2.05) is 37.3 Å². The second-order valence-corrected chi connectivity index (χ2v) is 8.68. The Morgan fingerprint density at radius 2 is 1.68 bits per heavy atom. The second-order valence-electron chi connectivity index (χ2n) is 8.68. The molecule has 0 saturated carbocycles. The summed E-state index contributed by atoms with van der Waals surface area (Å²) in [6.45, 7) is 4.59. The lowest BCUT2D eigenvalue weighted by atomic mass is 9.94. The number of hydrogen-bond acceptors (Lipinski definition) is 6. The number of rotatable bonds is 9. The largest absolute Gasteiger partial charge is 0.507 e. The minimum absolute atomic E-state index is 0.0161. The van der Waals surface area contributed by atoms with Gasteiger partial charge in [0.15, 0.2) is 0 Å². The van der Waals surface area contributed by atoms with Crippen molar-refractivity contribution in [2.75, 3.05) is 25.7 Å². The zero-order valence-corrected chi connectivity index (χ0v) is 21.5. The van der Waals surface area contributed by atoms with Gasteiger partial charge in [0.2, 0.25) is 0 Å². The quantitative estimate of drug-likeness (QED) is 0.231. The highest BCUT2D eigenvalue weighted by Crippen LogP contribution is 2.44. The van der Waals surface area contributed by atoms with Crippen molar-refractivity contribution in [1.29, 1.82) is 0 Å². The molecule has 3 aromatic rings. The summed E-state index contributed by atoms with van der Waals surface area (Å²) in [6, 6.07) is 18.8. The Morgan fingerprint density at radius 1 is 0.919 bits per heavy atom. The highest BCUT2D eigenvalue weighted by Gasteiger charge is 2.47. The van der Waals surface area contributed by atoms with E-state index in [2.05, 4.69) is 6.92 Å². The first kappa shape index (κ1) is 25.8. The second kappa shape index (κ2) is 11.2. The number of hydrogen-bond donors (Lipinski definition) is 1. The highest BCUT2D eigenvalue weighted by atomic mass is 16.5. The van der Waals surface area contributed by atoms with E-state index >= 15 is 0 Å². The van der Waals surface area contributed by atoms with Gasteiger partial charge in [-0.2, -0.15) is 0 Å². The standard InChI is InChI=1S/C30H31NO6/c1-5-16-37-23-9-7-8-21(17-23)31-27(20-12-10-19(6-2)11-13-20)26(29(33)30(31)34)28(32)24-15-14-22(35-3)18-25(24)36-4/h7-15,17-18,27,32H,5-6,16H2,1-4H3/b28-26-. The van der Waals surface area contributed by atoms with E-state index < -0.39 is 17.7 Å². The first-order valence-electron chi connectivity index (χ1n) is 12.3. The molecule has 37 heavy (non-hydrogen) atoms. The molecule has 1 N–H and O–H groups in total. The Bertz CT molecular complexity index is 1330. The van der Waals surface area contributed by atoms with Gasteiger partial charge < -0.3 is 19.3 Å². The van der Waals surface area contributed by atoms with Crippen LogP contribution < -0.4 is 19.1 Å². The third kappa shape index (κ3) is 5.03. The van der Waals surface area contributed by atoms with Crippen LogP contribution in [0.5, 0.6) is 17.2 Å². The van der Waals surface area contributed by atoms with Crippen LogP contribution >= 0.6 is 0 Å². The van der Waals surface area contributed by atoms with Crippen LogP contribution in [0.2, 0.25) is 0 Å². The number of ether oxygens (including phenoxy) is 3. The fraction of sp³-hybridized carbons (Fsp3) is 0.267. The molecule has 7 nitrogen and oxygen atoms in total. The number of nitrogens with zero attached hydrogens (tertiary/aromatic N) is 1. The zero-order chi connectivity index (χ0) is 26.5. The number of methoxy groups -OCH3 is 2. The summed E-state index contributed by atoms with van der Waals surface area (Å²) in [5, 5.41) is 11.5. The van der Waals surface area contributed by atoms with Crippen LogP contribution in [0.4, 0.5) is 5.69 Å². The molecule has 1 aliphatic heterocycles. The molecule has 0 aliphatic carbocycles. The molecule has 4 rings (SSSR count). The van der Waals surface area contributed by atoms with Crippen molar-refractivity contribution in [1.82, 2.24) is 0 Å². The number of Topliss-reactive ketones (excluding diaryl/α,β-unsaturated/α-hetero) is 1. The number of ketones is 1. The van der Waals surface area contributed by atoms with Gasteiger partial charge in [0.25, 0.3) is 11.7 Å². The van der Waals surface area contributed by atoms with E-state index in [0.29, 0.717) is 35.1 Å². The maximum absolute atomic E-state index is 13.5. The van der Waals surface area contributed by atoms with Gasteiger partial charge in [-0.1, -0.05) is 44.2 Å². The number of aliphatic hydroxyl groups excluding tert-OH is 1. The van der Waals surface area contributed by atoms with Crippen LogP contribution in [0.25, 0.3) is 5.76 Å². The monoisotopic (exact) mass is 501 g/mol. The lowest BCUT2D eigenvalue weighted by Gasteiger charge is -2.26. The molecule has 1 aliphatic rings. The maximum Gasteiger partial charge on any atom is 0.300 e. The molecule has 1 saturated heterocycles. The third-order valence-corrected chi connectivity index (χ3v) is 6.38. The van der Waals surface area contributed by atoms with Crippen LogP contribution in [-0.2, 0) is 16.0 Å². The van der Waals surface area contributed by atoms with E-state index in [1.54, 1.807) is 36.4 Å². The van der Waals surface area contributed by atoms with E-state index in [-0.39, 0.29) is 16.9 Å². The van der Waals surface area contributed by atoms with Crippen molar-refractivity contribution in [2.24, 2.45) is 0 Å². The molecular weight excluding hydrogens is 470 g/mol. The molecule has 0 spiro atoms. The number of benzene rings is 3. The molecule has 0 aromatic heterocycles. The first-order chi connectivity index (χ1) is 17.9. The molecular formula is C30H31NO6. The number of anilines is 1. The van der Waals surface area contributed by atoms with Crippen molar-refractivity contribution >= 4 is 23.1 Å². The number of carbonyl (C=O) groups is 2. The molecule has 1 amide bonds. The number of carbonyl (C=O) groups excluding carboxylic acids is 2. The van der Waals surface area contributed by atoms with E-state index in [0.717, 1.165) is 18.4 Å². The lowest BCUT2D eigenvalue weighted by Crippen LogP contribution is -2.29. The van der Waals surface area contributed by atoms with Crippen molar-refractivity contribution in [3.63, 3.8) is 0 Å². The molecule has 0 bridgehead atoms. The molecule has 0 radical (unpaired) electrons. The third-order valence-electron chi connectivity index (χ3n) is 6.38. The van der Waals surface area contributed by atoms with Crippen LogP contribution in [-0.4, -0.2) is 37.6 Å². The number of aryl methyl sites for hydroxylation is 1. The summed E-state index contributed by atoms with van der Waals surface area (Å²) < 4.78 is 16.5. The van der Waals surface area contributed by atoms with Crippen LogP contribution in [0.1, 0.15) is 43.0 Å². The maximum atomic E-state index is 13.5. The van der Waals surface area contributed by atoms with E-state index in [9.17, 15) is 14.7 Å². The zero-order valence-electron chi connectivity index (χ0n) is 21.5. The lowest BCUT2D eigenvalue weighted by molar-refractivity contribution is -0.132. The topological polar surface area (TPSA) is 85.3 Å². The summed E-state index contributed by atoms with van der Waals surface area (Å²) >= 11 is 0. The summed E-state index contributed by atoms with van der Waals surface area (Å²) in [5.74, 6) is -0.380. The van der Waals surface area contributed by atoms with E-state index in [4.69, 9.17) is 14.2 Å². The smallest absolute Gasteiger partial charge is 0.300 e. The van der Waals surface area contributed by atoms with Gasteiger partial charge in [0.05, 0.1) is 38.0 Å². The van der Waals surface area contributed by atoms with Gasteiger partial charge in [-0.25, -0.2) is 0 Å². The normalized spacial score (nSPS) is 16.6. The average Bonchev–Trinajstić information content (AvgIpc) is 3.21. The van der Waals surface area contributed by atoms with Gasteiger partial charge in [0.1, 0.15) is 23.0 Å². The molecule has 192 valence electrons. The Kier molecular flexibility index (Phi) is 7.82. The van der Waals surface area contributed by atoms with Crippen molar-refractivity contribution < 1.29 is 28.9 Å². The molecule has 7 heteroatoms. The Morgan fingerprint density at radius 3 is 2.32 bits per heavy atom. The molecule has 1 heterocycles. The van der Waals surface area contributed by atoms with Crippen molar-refractivity contribution in [2.45, 2.75) is 32.7 Å². The fourth-order valence-electron chi connectivity index (χ4n) is 4.43. The van der Waals surface area contributed by atoms with Gasteiger partial charge >= 0.3 is 0 Å². The molecule has 3 aromatic carbocycles. The first-order valence-corrected chi connectivity index (χ1v) is 12.3. The predicted octanol–water partition coefficient (Wildman–Crippen LogP) is 5.68. The van der Waals surface area contributed by atoms with E-state index in [1.165, 1.54) is 19.1 Å². The highest BCUT2D eigenvalue weighted by molar-refractivity contribution is 6.51. The summed E-state index contributed by atoms with van der Waals surface area (Å²) in [6.07, 6.45) is 1.68. The predicted molar refractivity (Wildman–Crippen MR) is 142 cm³/mol. The SMILES string of the molecule is CCCOc1cccc(N2C(=O)C(=O)/C(=C(\O)c3ccc(OC)cc3OC)C2c2ccc(CC)cc2)c1. The molecule has 1 fully saturated rings. The van der Waals surface area contributed by atoms with Gasteiger partial charge in [0, 0.05) is 17.8 Å². The van der Waals surface area contributed by atoms with Crippen LogP contribution in [0.15, 0.2) is 72.3 Å². The average molecular weight is 502 g/mol. The van der Waals surface area contributed by atoms with Crippen molar-refractivity contribution in [3.05, 3.63) is 89.0 Å². The minimum atomic E-state index is -0.848. The van der Waals surface area contributed by atoms with Gasteiger partial charge in [-0.3, -0.25) is 14.5 Å². The van der Waals surface area contributed by atoms with Crippen molar-refractivity contribution in [3.8, 4) is 17.2 Å². The summed E-state index contributed by atoms with van der Waals surface area (Å²) in [7, 11) is 2.99. The Balaban J connectivity index is 1.91. The Hall–Kier alpha value is -4.26. The van der Waals surface area contributed by atoms with Crippen LogP contribution in [0, 0.1) is 0 Å². The fourth-order valence-corrected chi connectivity index (χ4v) is 4.43. The summed E-state index contributed by atoms with van der Waals surface area (Å²) in [5.41, 5.74) is 2.59. The van der Waals surface area contributed by atoms with Gasteiger partial charge in [-0.15, -0.1) is 0 Å². The van der Waals surface area contributed by atoms with Gasteiger partial charge in [-0.05, 0) is 48.2 Å². The van der Waals surface area contributed by atoms with Crippen LogP contribution in [0.3, 0.4) is 0 Å². The molecule has 1 atom stereocenters. The number of amides is 1. The summed E-state index contributed by atoms with van der Waals surface area (Å²) in [4.78, 5) is 28.4. The minimum Gasteiger partial charge on any atom is -0.507 e. The molecule has 1 unspecified atom stereocenters.